The highest BCUT2D eigenvalue weighted by Crippen LogP contribution is 2.58. The number of fused-ring (bicyclic) bond motifs is 3. The van der Waals surface area contributed by atoms with Gasteiger partial charge in [-0.25, -0.2) is 0 Å². The number of Topliss-reactive ketones (excluding diaryl/α,β-unsaturated/α-hetero) is 2. The number of hydrogen-bond acceptors (Lipinski definition) is 11. The van der Waals surface area contributed by atoms with E-state index in [4.69, 9.17) is 5.73 Å². The van der Waals surface area contributed by atoms with Crippen LogP contribution in [0.25, 0.3) is 0 Å². The number of aliphatic hydroxyl groups excluding tert-OH is 2. The smallest absolute Gasteiger partial charge is 0.255 e. The number of amides is 1. The van der Waals surface area contributed by atoms with Gasteiger partial charge in [0.05, 0.1) is 11.6 Å². The molecule has 6 rings (SSSR count). The Hall–Kier alpha value is -3.45. The molecule has 12 heteroatoms. The maximum Gasteiger partial charge on any atom is 0.255 e. The molecule has 238 valence electrons. The van der Waals surface area contributed by atoms with E-state index in [1.165, 1.54) is 18.9 Å². The summed E-state index contributed by atoms with van der Waals surface area (Å²) in [5.74, 6) is -5.14. The number of likely N-dealkylation sites (N-methyl/N-ethyl adjacent to an activating group) is 1. The minimum atomic E-state index is -2.69. The zero-order chi connectivity index (χ0) is 31.9. The van der Waals surface area contributed by atoms with Crippen molar-refractivity contribution in [1.82, 2.24) is 14.7 Å². The Morgan fingerprint density at radius 2 is 1.66 bits per heavy atom. The van der Waals surface area contributed by atoms with Gasteiger partial charge in [0.25, 0.3) is 5.91 Å². The minimum Gasteiger partial charge on any atom is -0.510 e. The van der Waals surface area contributed by atoms with Crippen molar-refractivity contribution < 1.29 is 34.8 Å². The van der Waals surface area contributed by atoms with Gasteiger partial charge in [-0.2, -0.15) is 0 Å². The molecule has 0 bridgehead atoms. The quantitative estimate of drug-likeness (QED) is 0.274. The van der Waals surface area contributed by atoms with Crippen molar-refractivity contribution in [3.05, 3.63) is 45.9 Å². The van der Waals surface area contributed by atoms with Crippen molar-refractivity contribution in [3.63, 3.8) is 0 Å². The number of hydrogen-bond donors (Lipinski definition) is 5. The molecule has 1 aromatic rings. The van der Waals surface area contributed by atoms with E-state index in [0.717, 1.165) is 44.3 Å². The molecule has 4 aliphatic carbocycles. The van der Waals surface area contributed by atoms with Crippen LogP contribution in [0.15, 0.2) is 34.8 Å². The molecule has 1 aliphatic heterocycles. The number of nitrogens with zero attached hydrogens (tertiary/aromatic N) is 4. The first-order valence-electron chi connectivity index (χ1n) is 15.3. The van der Waals surface area contributed by atoms with E-state index in [0.29, 0.717) is 12.1 Å². The summed E-state index contributed by atoms with van der Waals surface area (Å²) in [6, 6.07) is 2.13. The third kappa shape index (κ3) is 4.53. The monoisotopic (exact) mass is 609 g/mol. The Morgan fingerprint density at radius 3 is 2.23 bits per heavy atom. The van der Waals surface area contributed by atoms with Gasteiger partial charge >= 0.3 is 0 Å². The van der Waals surface area contributed by atoms with Crippen LogP contribution in [-0.4, -0.2) is 132 Å². The van der Waals surface area contributed by atoms with E-state index < -0.39 is 57.5 Å². The summed E-state index contributed by atoms with van der Waals surface area (Å²) < 4.78 is 0. The van der Waals surface area contributed by atoms with Crippen LogP contribution >= 0.6 is 0 Å². The number of aliphatic hydroxyl groups is 3. The van der Waals surface area contributed by atoms with Crippen LogP contribution < -0.4 is 10.6 Å². The summed E-state index contributed by atoms with van der Waals surface area (Å²) in [4.78, 5) is 48.9. The molecule has 1 heterocycles. The lowest BCUT2D eigenvalue weighted by atomic mass is 9.52. The Labute approximate surface area is 257 Å². The van der Waals surface area contributed by atoms with Gasteiger partial charge in [0.1, 0.15) is 22.8 Å². The molecule has 4 atom stereocenters. The lowest BCUT2D eigenvalue weighted by Crippen LogP contribution is -2.66. The lowest BCUT2D eigenvalue weighted by Gasteiger charge is -2.55. The van der Waals surface area contributed by atoms with E-state index in [1.54, 1.807) is 25.1 Å². The fourth-order valence-electron chi connectivity index (χ4n) is 8.26. The molecule has 0 unspecified atom stereocenters. The van der Waals surface area contributed by atoms with Crippen molar-refractivity contribution in [2.45, 2.75) is 37.3 Å². The number of nitrogens with two attached hydrogens (primary N) is 1. The molecule has 1 saturated heterocycles. The molecule has 0 spiro atoms. The van der Waals surface area contributed by atoms with Crippen molar-refractivity contribution in [2.75, 3.05) is 72.4 Å². The summed E-state index contributed by atoms with van der Waals surface area (Å²) in [6.45, 7) is 4.65. The van der Waals surface area contributed by atoms with Crippen molar-refractivity contribution in [3.8, 4) is 5.75 Å². The van der Waals surface area contributed by atoms with Crippen molar-refractivity contribution >= 4 is 23.2 Å². The van der Waals surface area contributed by atoms with Gasteiger partial charge in [-0.15, -0.1) is 0 Å². The predicted molar refractivity (Wildman–Crippen MR) is 163 cm³/mol. The van der Waals surface area contributed by atoms with Crippen LogP contribution in [0.5, 0.6) is 5.75 Å². The molecule has 44 heavy (non-hydrogen) atoms. The second-order valence-electron chi connectivity index (χ2n) is 13.8. The molecular formula is C32H43N5O7. The highest BCUT2D eigenvalue weighted by molar-refractivity contribution is 6.25. The number of ketones is 2. The molecular weight excluding hydrogens is 566 g/mol. The van der Waals surface area contributed by atoms with Gasteiger partial charge in [0.2, 0.25) is 5.78 Å². The molecule has 1 saturated carbocycles. The summed E-state index contributed by atoms with van der Waals surface area (Å²) in [5, 5.41) is 46.4. The number of anilines is 1. The Balaban J connectivity index is 1.52. The summed E-state index contributed by atoms with van der Waals surface area (Å²) in [6.07, 6.45) is 2.83. The fourth-order valence-corrected chi connectivity index (χ4v) is 8.26. The first-order chi connectivity index (χ1) is 20.7. The summed E-state index contributed by atoms with van der Waals surface area (Å²) >= 11 is 0. The molecule has 1 amide bonds. The maximum absolute atomic E-state index is 14.5. The molecule has 12 nitrogen and oxygen atoms in total. The average Bonchev–Trinajstić information content (AvgIpc) is 3.75. The van der Waals surface area contributed by atoms with Gasteiger partial charge in [-0.1, -0.05) is 0 Å². The first kappa shape index (κ1) is 30.6. The summed E-state index contributed by atoms with van der Waals surface area (Å²) in [5.41, 5.74) is 2.18. The van der Waals surface area contributed by atoms with Gasteiger partial charge in [0.15, 0.2) is 11.4 Å². The van der Waals surface area contributed by atoms with Crippen LogP contribution in [0.3, 0.4) is 0 Å². The number of phenols is 1. The van der Waals surface area contributed by atoms with Crippen LogP contribution in [0.4, 0.5) is 5.69 Å². The third-order valence-corrected chi connectivity index (χ3v) is 10.5. The number of primary amides is 1. The van der Waals surface area contributed by atoms with Gasteiger partial charge in [-0.3, -0.25) is 24.2 Å². The van der Waals surface area contributed by atoms with E-state index in [2.05, 4.69) is 9.80 Å². The minimum absolute atomic E-state index is 0.0191. The second-order valence-corrected chi connectivity index (χ2v) is 13.8. The summed E-state index contributed by atoms with van der Waals surface area (Å²) in [7, 11) is 6.98. The first-order valence-corrected chi connectivity index (χ1v) is 15.3. The highest BCUT2D eigenvalue weighted by Gasteiger charge is 2.66. The van der Waals surface area contributed by atoms with Gasteiger partial charge in [0, 0.05) is 76.0 Å². The van der Waals surface area contributed by atoms with Crippen LogP contribution in [0.1, 0.15) is 35.2 Å². The topological polar surface area (TPSA) is 171 Å². The zero-order valence-corrected chi connectivity index (χ0v) is 25.8. The normalized spacial score (nSPS) is 31.2. The number of carbonyl (C=O) groups is 3. The molecule has 6 N–H and O–H groups in total. The SMILES string of the molecule is CN(C)c1ccc(O)c2c1C[C@@]1(CN3CCN(CC4CC4)CC3)C[C@H]3[C@H](N(C)C)C(O)=C(C(N)=O)C(=O)[C@@]3(O)C(O)=C1C2=O. The number of carbonyl (C=O) groups excluding carboxylic acids is 3. The Kier molecular flexibility index (Phi) is 7.35. The number of phenolic OH excluding ortho intramolecular Hbond substituents is 1. The lowest BCUT2D eigenvalue weighted by molar-refractivity contribution is -0.151. The highest BCUT2D eigenvalue weighted by atomic mass is 16.3. The Morgan fingerprint density at radius 1 is 1.02 bits per heavy atom. The number of aromatic hydroxyl groups is 1. The van der Waals surface area contributed by atoms with Crippen molar-refractivity contribution in [2.24, 2.45) is 23.0 Å². The molecule has 0 aromatic heterocycles. The van der Waals surface area contributed by atoms with Crippen LogP contribution in [0, 0.1) is 17.3 Å². The van der Waals surface area contributed by atoms with E-state index in [9.17, 15) is 34.8 Å². The average molecular weight is 610 g/mol. The molecule has 0 radical (unpaired) electrons. The maximum atomic E-state index is 14.5. The van der Waals surface area contributed by atoms with Crippen LogP contribution in [-0.2, 0) is 16.0 Å². The second kappa shape index (κ2) is 10.6. The van der Waals surface area contributed by atoms with E-state index >= 15 is 0 Å². The fraction of sp³-hybridized carbons (Fsp3) is 0.594. The standard InChI is InChI=1S/C32H43N5O7/c1-34(2)20-7-8-21(38)22-18(20)13-31(16-37-11-9-36(10-12-37)15-17-5-6-17)14-19-25(35(3)4)27(40)23(30(33)43)28(41)32(19,44)29(42)24(31)26(22)39/h7-8,17,19,25,38,40,42,44H,5-6,9-16H2,1-4H3,(H2,33,43)/t19-,25-,31-,32+/m0/s1. The number of rotatable bonds is 7. The van der Waals surface area contributed by atoms with Crippen LogP contribution in [0.2, 0.25) is 0 Å². The third-order valence-electron chi connectivity index (χ3n) is 10.5. The van der Waals surface area contributed by atoms with E-state index in [-0.39, 0.29) is 29.7 Å². The molecule has 2 fully saturated rings. The van der Waals surface area contributed by atoms with Crippen molar-refractivity contribution in [1.29, 1.82) is 0 Å². The molecule has 1 aromatic carbocycles. The predicted octanol–water partition coefficient (Wildman–Crippen LogP) is 0.584. The zero-order valence-electron chi connectivity index (χ0n) is 25.8. The van der Waals surface area contributed by atoms with E-state index in [1.807, 2.05) is 19.0 Å². The van der Waals surface area contributed by atoms with Gasteiger partial charge in [-0.05, 0) is 63.4 Å². The molecule has 5 aliphatic rings. The Bertz CT molecular complexity index is 1490. The largest absolute Gasteiger partial charge is 0.510 e. The number of piperazine rings is 1. The van der Waals surface area contributed by atoms with Gasteiger partial charge < -0.3 is 36.0 Å². The number of benzene rings is 1.